The summed E-state index contributed by atoms with van der Waals surface area (Å²) in [6, 6.07) is 3.47. The molecular weight excluding hydrogens is 223 g/mol. The van der Waals surface area contributed by atoms with Gasteiger partial charge in [-0.25, -0.2) is 4.39 Å². The minimum atomic E-state index is -0.262. The molecule has 0 saturated heterocycles. The van der Waals surface area contributed by atoms with Crippen LogP contribution in [0.2, 0.25) is 0 Å². The SMILES string of the molecule is OCc1csc2c(F)c(CCl)ccc12. The fraction of sp³-hybridized carbons (Fsp3) is 0.200. The number of aliphatic hydroxyl groups excluding tert-OH is 1. The Bertz CT molecular complexity index is 466. The molecule has 1 N–H and O–H groups in total. The van der Waals surface area contributed by atoms with Crippen molar-refractivity contribution < 1.29 is 9.50 Å². The molecule has 14 heavy (non-hydrogen) atoms. The van der Waals surface area contributed by atoms with E-state index in [2.05, 4.69) is 0 Å². The summed E-state index contributed by atoms with van der Waals surface area (Å²) in [6.45, 7) is -0.0559. The summed E-state index contributed by atoms with van der Waals surface area (Å²) < 4.78 is 14.2. The lowest BCUT2D eigenvalue weighted by Crippen LogP contribution is -1.86. The van der Waals surface area contributed by atoms with Crippen LogP contribution >= 0.6 is 22.9 Å². The van der Waals surface area contributed by atoms with Crippen molar-refractivity contribution in [3.8, 4) is 0 Å². The van der Waals surface area contributed by atoms with E-state index in [1.54, 1.807) is 17.5 Å². The van der Waals surface area contributed by atoms with Crippen molar-refractivity contribution in [1.29, 1.82) is 0 Å². The van der Waals surface area contributed by atoms with E-state index in [4.69, 9.17) is 16.7 Å². The Morgan fingerprint density at radius 3 is 2.79 bits per heavy atom. The molecule has 4 heteroatoms. The summed E-state index contributed by atoms with van der Waals surface area (Å²) in [7, 11) is 0. The number of thiophene rings is 1. The van der Waals surface area contributed by atoms with E-state index in [1.807, 2.05) is 0 Å². The number of halogens is 2. The summed E-state index contributed by atoms with van der Waals surface area (Å²) in [4.78, 5) is 0. The first-order valence-corrected chi connectivity index (χ1v) is 5.53. The lowest BCUT2D eigenvalue weighted by atomic mass is 10.1. The zero-order valence-corrected chi connectivity index (χ0v) is 8.83. The molecule has 2 rings (SSSR count). The maximum Gasteiger partial charge on any atom is 0.145 e. The summed E-state index contributed by atoms with van der Waals surface area (Å²) in [5, 5.41) is 11.6. The molecule has 2 aromatic rings. The summed E-state index contributed by atoms with van der Waals surface area (Å²) in [6.07, 6.45) is 0. The predicted octanol–water partition coefficient (Wildman–Crippen LogP) is 3.27. The summed E-state index contributed by atoms with van der Waals surface area (Å²) >= 11 is 6.89. The van der Waals surface area contributed by atoms with E-state index in [9.17, 15) is 4.39 Å². The predicted molar refractivity (Wildman–Crippen MR) is 57.3 cm³/mol. The summed E-state index contributed by atoms with van der Waals surface area (Å²) in [5.41, 5.74) is 1.27. The maximum atomic E-state index is 13.7. The van der Waals surface area contributed by atoms with Gasteiger partial charge in [0, 0.05) is 10.9 Å². The smallest absolute Gasteiger partial charge is 0.145 e. The fourth-order valence-electron chi connectivity index (χ4n) is 1.38. The Morgan fingerprint density at radius 1 is 1.36 bits per heavy atom. The highest BCUT2D eigenvalue weighted by Gasteiger charge is 2.10. The topological polar surface area (TPSA) is 20.2 Å². The van der Waals surface area contributed by atoms with Crippen LogP contribution < -0.4 is 0 Å². The van der Waals surface area contributed by atoms with E-state index >= 15 is 0 Å². The molecule has 0 amide bonds. The Hall–Kier alpha value is -0.640. The van der Waals surface area contributed by atoms with E-state index < -0.39 is 0 Å². The first-order chi connectivity index (χ1) is 6.77. The van der Waals surface area contributed by atoms with E-state index in [0.29, 0.717) is 10.3 Å². The average molecular weight is 231 g/mol. The van der Waals surface area contributed by atoms with Gasteiger partial charge in [-0.3, -0.25) is 0 Å². The van der Waals surface area contributed by atoms with Crippen LogP contribution in [0.25, 0.3) is 10.1 Å². The van der Waals surface area contributed by atoms with Crippen LogP contribution in [0.3, 0.4) is 0 Å². The Morgan fingerprint density at radius 2 is 2.14 bits per heavy atom. The lowest BCUT2D eigenvalue weighted by molar-refractivity contribution is 0.284. The van der Waals surface area contributed by atoms with Gasteiger partial charge in [-0.05, 0) is 10.9 Å². The van der Waals surface area contributed by atoms with Crippen LogP contribution in [0.15, 0.2) is 17.5 Å². The van der Waals surface area contributed by atoms with Gasteiger partial charge < -0.3 is 5.11 Å². The second-order valence-corrected chi connectivity index (χ2v) is 4.11. The molecule has 0 aliphatic heterocycles. The number of rotatable bonds is 2. The van der Waals surface area contributed by atoms with Crippen LogP contribution in [0.4, 0.5) is 4.39 Å². The molecule has 0 atom stereocenters. The Labute approximate surface area is 89.7 Å². The second kappa shape index (κ2) is 3.85. The van der Waals surface area contributed by atoms with E-state index in [0.717, 1.165) is 10.9 Å². The Kier molecular flexibility index (Phi) is 2.72. The normalized spacial score (nSPS) is 11.1. The molecular formula is C10H8ClFOS. The molecule has 0 unspecified atom stereocenters. The molecule has 0 aliphatic rings. The number of hydrogen-bond acceptors (Lipinski definition) is 2. The number of aliphatic hydroxyl groups is 1. The van der Waals surface area contributed by atoms with Crippen molar-refractivity contribution in [3.05, 3.63) is 34.5 Å². The van der Waals surface area contributed by atoms with Gasteiger partial charge in [-0.2, -0.15) is 0 Å². The molecule has 1 nitrogen and oxygen atoms in total. The molecule has 0 spiro atoms. The number of alkyl halides is 1. The van der Waals surface area contributed by atoms with Gasteiger partial charge in [0.2, 0.25) is 0 Å². The van der Waals surface area contributed by atoms with Crippen LogP contribution in [0.1, 0.15) is 11.1 Å². The standard InChI is InChI=1S/C10H8ClFOS/c11-3-6-1-2-8-7(4-13)5-14-10(8)9(6)12/h1-2,5,13H,3-4H2. The minimum absolute atomic E-state index is 0.0559. The lowest BCUT2D eigenvalue weighted by Gasteiger charge is -2.00. The number of hydrogen-bond donors (Lipinski definition) is 1. The zero-order valence-electron chi connectivity index (χ0n) is 7.26. The van der Waals surface area contributed by atoms with Gasteiger partial charge in [0.1, 0.15) is 5.82 Å². The van der Waals surface area contributed by atoms with Crippen molar-refractivity contribution in [1.82, 2.24) is 0 Å². The second-order valence-electron chi connectivity index (χ2n) is 2.97. The molecule has 0 aliphatic carbocycles. The van der Waals surface area contributed by atoms with Gasteiger partial charge in [-0.15, -0.1) is 22.9 Å². The molecule has 1 heterocycles. The van der Waals surface area contributed by atoms with Crippen molar-refractivity contribution in [2.45, 2.75) is 12.5 Å². The molecule has 0 bridgehead atoms. The van der Waals surface area contributed by atoms with Gasteiger partial charge in [0.25, 0.3) is 0 Å². The maximum absolute atomic E-state index is 13.7. The highest BCUT2D eigenvalue weighted by atomic mass is 35.5. The van der Waals surface area contributed by atoms with E-state index in [1.165, 1.54) is 11.3 Å². The first kappa shape index (κ1) is 9.90. The van der Waals surface area contributed by atoms with Crippen LogP contribution in [-0.2, 0) is 12.5 Å². The van der Waals surface area contributed by atoms with Crippen molar-refractivity contribution in [2.75, 3.05) is 0 Å². The highest BCUT2D eigenvalue weighted by Crippen LogP contribution is 2.30. The quantitative estimate of drug-likeness (QED) is 0.786. The van der Waals surface area contributed by atoms with Crippen LogP contribution in [0, 0.1) is 5.82 Å². The third kappa shape index (κ3) is 1.41. The van der Waals surface area contributed by atoms with Gasteiger partial charge >= 0.3 is 0 Å². The van der Waals surface area contributed by atoms with Crippen molar-refractivity contribution in [2.24, 2.45) is 0 Å². The molecule has 1 aromatic carbocycles. The molecule has 1 aromatic heterocycles. The molecule has 0 radical (unpaired) electrons. The monoisotopic (exact) mass is 230 g/mol. The van der Waals surface area contributed by atoms with Gasteiger partial charge in [0.05, 0.1) is 17.2 Å². The third-order valence-electron chi connectivity index (χ3n) is 2.16. The third-order valence-corrected chi connectivity index (χ3v) is 3.48. The highest BCUT2D eigenvalue weighted by molar-refractivity contribution is 7.17. The first-order valence-electron chi connectivity index (χ1n) is 4.12. The van der Waals surface area contributed by atoms with Crippen molar-refractivity contribution >= 4 is 33.0 Å². The largest absolute Gasteiger partial charge is 0.392 e. The zero-order chi connectivity index (χ0) is 10.1. The fourth-order valence-corrected chi connectivity index (χ4v) is 2.61. The van der Waals surface area contributed by atoms with E-state index in [-0.39, 0.29) is 18.3 Å². The minimum Gasteiger partial charge on any atom is -0.392 e. The Balaban J connectivity index is 2.72. The number of fused-ring (bicyclic) bond motifs is 1. The molecule has 0 saturated carbocycles. The van der Waals surface area contributed by atoms with Crippen LogP contribution in [0.5, 0.6) is 0 Å². The number of benzene rings is 1. The average Bonchev–Trinajstić information content (AvgIpc) is 2.62. The van der Waals surface area contributed by atoms with Gasteiger partial charge in [-0.1, -0.05) is 12.1 Å². The van der Waals surface area contributed by atoms with Crippen molar-refractivity contribution in [3.63, 3.8) is 0 Å². The van der Waals surface area contributed by atoms with Crippen LogP contribution in [-0.4, -0.2) is 5.11 Å². The summed E-state index contributed by atoms with van der Waals surface area (Å²) in [5.74, 6) is -0.0871. The van der Waals surface area contributed by atoms with Gasteiger partial charge in [0.15, 0.2) is 0 Å². The molecule has 0 fully saturated rings. The molecule has 74 valence electrons.